The second-order valence-electron chi connectivity index (χ2n) is 7.17. The first-order valence-corrected chi connectivity index (χ1v) is 8.42. The molecule has 1 aromatic rings. The standard InChI is InChI=1S/C19H28N2O4/c1-6-25-15(22)11-12(2)16(17(20)23)21-18(24)13-7-9-14(10-8-13)19(3,4)5/h7-10,12,16H,6,11H2,1-5H3,(H2,20,23)(H,21,24)/t12-,16-/m1/s1. The number of nitrogens with one attached hydrogen (secondary N) is 1. The van der Waals surface area contributed by atoms with Crippen LogP contribution in [0.4, 0.5) is 0 Å². The molecule has 138 valence electrons. The summed E-state index contributed by atoms with van der Waals surface area (Å²) in [5, 5.41) is 2.62. The number of rotatable bonds is 7. The number of amides is 2. The van der Waals surface area contributed by atoms with Crippen LogP contribution >= 0.6 is 0 Å². The van der Waals surface area contributed by atoms with Gasteiger partial charge >= 0.3 is 5.97 Å². The third-order valence-electron chi connectivity index (χ3n) is 3.97. The Morgan fingerprint density at radius 3 is 2.16 bits per heavy atom. The predicted octanol–water partition coefficient (Wildman–Crippen LogP) is 2.16. The first-order valence-electron chi connectivity index (χ1n) is 8.42. The molecule has 0 aromatic heterocycles. The maximum Gasteiger partial charge on any atom is 0.306 e. The molecule has 0 aliphatic heterocycles. The number of benzene rings is 1. The zero-order valence-electron chi connectivity index (χ0n) is 15.6. The van der Waals surface area contributed by atoms with E-state index in [4.69, 9.17) is 10.5 Å². The van der Waals surface area contributed by atoms with E-state index in [9.17, 15) is 14.4 Å². The summed E-state index contributed by atoms with van der Waals surface area (Å²) < 4.78 is 4.87. The van der Waals surface area contributed by atoms with Crippen LogP contribution < -0.4 is 11.1 Å². The van der Waals surface area contributed by atoms with Crippen molar-refractivity contribution in [3.05, 3.63) is 35.4 Å². The second kappa shape index (κ2) is 8.65. The molecule has 0 radical (unpaired) electrons. The zero-order chi connectivity index (χ0) is 19.2. The minimum Gasteiger partial charge on any atom is -0.466 e. The highest BCUT2D eigenvalue weighted by molar-refractivity contribution is 5.97. The van der Waals surface area contributed by atoms with E-state index in [0.29, 0.717) is 5.56 Å². The number of carbonyl (C=O) groups is 3. The van der Waals surface area contributed by atoms with Crippen molar-refractivity contribution in [2.75, 3.05) is 6.61 Å². The molecule has 2 amide bonds. The molecule has 6 heteroatoms. The lowest BCUT2D eigenvalue weighted by Gasteiger charge is -2.22. The number of primary amides is 1. The molecule has 1 rings (SSSR count). The van der Waals surface area contributed by atoms with Crippen molar-refractivity contribution in [3.63, 3.8) is 0 Å². The highest BCUT2D eigenvalue weighted by atomic mass is 16.5. The molecule has 25 heavy (non-hydrogen) atoms. The Morgan fingerprint density at radius 2 is 1.72 bits per heavy atom. The van der Waals surface area contributed by atoms with Crippen LogP contribution in [-0.4, -0.2) is 30.4 Å². The van der Waals surface area contributed by atoms with Gasteiger partial charge < -0.3 is 15.8 Å². The van der Waals surface area contributed by atoms with Gasteiger partial charge in [0.25, 0.3) is 5.91 Å². The lowest BCUT2D eigenvalue weighted by Crippen LogP contribution is -2.49. The predicted molar refractivity (Wildman–Crippen MR) is 96.0 cm³/mol. The van der Waals surface area contributed by atoms with Crippen LogP contribution in [0.5, 0.6) is 0 Å². The molecule has 3 N–H and O–H groups in total. The smallest absolute Gasteiger partial charge is 0.306 e. The van der Waals surface area contributed by atoms with Gasteiger partial charge in [0, 0.05) is 5.56 Å². The Kier molecular flexibility index (Phi) is 7.15. The van der Waals surface area contributed by atoms with Crippen LogP contribution in [0.25, 0.3) is 0 Å². The Labute approximate surface area is 149 Å². The highest BCUT2D eigenvalue weighted by Crippen LogP contribution is 2.22. The van der Waals surface area contributed by atoms with Gasteiger partial charge in [-0.1, -0.05) is 39.8 Å². The van der Waals surface area contributed by atoms with Crippen molar-refractivity contribution in [2.45, 2.75) is 52.5 Å². The van der Waals surface area contributed by atoms with E-state index < -0.39 is 29.7 Å². The van der Waals surface area contributed by atoms with Crippen molar-refractivity contribution in [2.24, 2.45) is 11.7 Å². The lowest BCUT2D eigenvalue weighted by molar-refractivity contribution is -0.144. The topological polar surface area (TPSA) is 98.5 Å². The summed E-state index contributed by atoms with van der Waals surface area (Å²) in [6, 6.07) is 6.25. The van der Waals surface area contributed by atoms with Crippen molar-refractivity contribution in [1.29, 1.82) is 0 Å². The maximum atomic E-state index is 12.4. The summed E-state index contributed by atoms with van der Waals surface area (Å²) in [7, 11) is 0. The lowest BCUT2D eigenvalue weighted by atomic mass is 9.86. The first kappa shape index (κ1) is 20.7. The molecule has 1 aromatic carbocycles. The largest absolute Gasteiger partial charge is 0.466 e. The Balaban J connectivity index is 2.82. The fourth-order valence-corrected chi connectivity index (χ4v) is 2.44. The van der Waals surface area contributed by atoms with E-state index in [-0.39, 0.29) is 18.4 Å². The molecule has 0 unspecified atom stereocenters. The summed E-state index contributed by atoms with van der Waals surface area (Å²) in [5.41, 5.74) is 6.91. The molecule has 0 saturated carbocycles. The molecule has 6 nitrogen and oxygen atoms in total. The van der Waals surface area contributed by atoms with Gasteiger partial charge in [-0.05, 0) is 36.0 Å². The van der Waals surface area contributed by atoms with Gasteiger partial charge in [0.1, 0.15) is 6.04 Å². The maximum absolute atomic E-state index is 12.4. The number of ether oxygens (including phenoxy) is 1. The van der Waals surface area contributed by atoms with Crippen LogP contribution in [0.2, 0.25) is 0 Å². The van der Waals surface area contributed by atoms with Gasteiger partial charge in [0.2, 0.25) is 5.91 Å². The highest BCUT2D eigenvalue weighted by Gasteiger charge is 2.27. The van der Waals surface area contributed by atoms with E-state index in [1.807, 2.05) is 12.1 Å². The van der Waals surface area contributed by atoms with Crippen molar-refractivity contribution >= 4 is 17.8 Å². The summed E-state index contributed by atoms with van der Waals surface area (Å²) in [6.45, 7) is 9.90. The third kappa shape index (κ3) is 6.21. The van der Waals surface area contributed by atoms with E-state index in [1.165, 1.54) is 0 Å². The van der Waals surface area contributed by atoms with Crippen molar-refractivity contribution in [3.8, 4) is 0 Å². The average molecular weight is 348 g/mol. The van der Waals surface area contributed by atoms with Gasteiger partial charge in [-0.2, -0.15) is 0 Å². The van der Waals surface area contributed by atoms with Crippen molar-refractivity contribution < 1.29 is 19.1 Å². The fourth-order valence-electron chi connectivity index (χ4n) is 2.44. The summed E-state index contributed by atoms with van der Waals surface area (Å²) in [6.07, 6.45) is 0.00465. The molecular formula is C19H28N2O4. The quantitative estimate of drug-likeness (QED) is 0.738. The van der Waals surface area contributed by atoms with Gasteiger partial charge in [-0.3, -0.25) is 14.4 Å². The summed E-state index contributed by atoms with van der Waals surface area (Å²) >= 11 is 0. The molecule has 0 heterocycles. The summed E-state index contributed by atoms with van der Waals surface area (Å²) in [5.74, 6) is -1.98. The molecule has 0 aliphatic carbocycles. The fraction of sp³-hybridized carbons (Fsp3) is 0.526. The minimum absolute atomic E-state index is 0.00465. The molecule has 0 bridgehead atoms. The SMILES string of the molecule is CCOC(=O)C[C@@H](C)[C@@H](NC(=O)c1ccc(C(C)(C)C)cc1)C(N)=O. The zero-order valence-corrected chi connectivity index (χ0v) is 15.6. The van der Waals surface area contributed by atoms with E-state index in [0.717, 1.165) is 5.56 Å². The minimum atomic E-state index is -0.945. The van der Waals surface area contributed by atoms with Crippen LogP contribution in [0.15, 0.2) is 24.3 Å². The Hall–Kier alpha value is -2.37. The number of hydrogen-bond acceptors (Lipinski definition) is 4. The van der Waals surface area contributed by atoms with E-state index in [2.05, 4.69) is 26.1 Å². The molecule has 0 fully saturated rings. The first-order chi connectivity index (χ1) is 11.6. The number of nitrogens with two attached hydrogens (primary N) is 1. The average Bonchev–Trinajstić information content (AvgIpc) is 2.51. The van der Waals surface area contributed by atoms with Gasteiger partial charge in [-0.25, -0.2) is 0 Å². The van der Waals surface area contributed by atoms with E-state index in [1.54, 1.807) is 26.0 Å². The molecule has 0 spiro atoms. The summed E-state index contributed by atoms with van der Waals surface area (Å²) in [4.78, 5) is 35.7. The van der Waals surface area contributed by atoms with Gasteiger partial charge in [0.05, 0.1) is 13.0 Å². The second-order valence-corrected chi connectivity index (χ2v) is 7.17. The van der Waals surface area contributed by atoms with Crippen LogP contribution in [0, 0.1) is 5.92 Å². The van der Waals surface area contributed by atoms with Crippen LogP contribution in [-0.2, 0) is 19.7 Å². The van der Waals surface area contributed by atoms with E-state index >= 15 is 0 Å². The van der Waals surface area contributed by atoms with Crippen LogP contribution in [0.3, 0.4) is 0 Å². The molecule has 2 atom stereocenters. The van der Waals surface area contributed by atoms with Gasteiger partial charge in [0.15, 0.2) is 0 Å². The Morgan fingerprint density at radius 1 is 1.16 bits per heavy atom. The molecule has 0 saturated heterocycles. The molecule has 0 aliphatic rings. The normalized spacial score (nSPS) is 13.6. The number of hydrogen-bond donors (Lipinski definition) is 2. The third-order valence-corrected chi connectivity index (χ3v) is 3.97. The monoisotopic (exact) mass is 348 g/mol. The Bertz CT molecular complexity index is 617. The number of carbonyl (C=O) groups excluding carboxylic acids is 3. The van der Waals surface area contributed by atoms with Crippen LogP contribution in [0.1, 0.15) is 57.0 Å². The number of esters is 1. The van der Waals surface area contributed by atoms with Crippen molar-refractivity contribution in [1.82, 2.24) is 5.32 Å². The molecular weight excluding hydrogens is 320 g/mol. The van der Waals surface area contributed by atoms with Gasteiger partial charge in [-0.15, -0.1) is 0 Å².